The van der Waals surface area contributed by atoms with Crippen LogP contribution in [0.25, 0.3) is 33.0 Å². The summed E-state index contributed by atoms with van der Waals surface area (Å²) in [5.41, 5.74) is 7.27. The van der Waals surface area contributed by atoms with Crippen molar-refractivity contribution >= 4 is 44.3 Å². The molecule has 5 aromatic rings. The van der Waals surface area contributed by atoms with E-state index < -0.39 is 0 Å². The molecular formula is C21H17N3OS. The van der Waals surface area contributed by atoms with Crippen molar-refractivity contribution in [2.45, 2.75) is 20.8 Å². The van der Waals surface area contributed by atoms with E-state index in [4.69, 9.17) is 4.98 Å². The Hall–Kier alpha value is -2.92. The quantitative estimate of drug-likeness (QED) is 0.494. The topological polar surface area (TPSA) is 50.2 Å². The van der Waals surface area contributed by atoms with Gasteiger partial charge in [-0.15, -0.1) is 0 Å². The molecule has 3 heterocycles. The van der Waals surface area contributed by atoms with Crippen LogP contribution in [-0.2, 0) is 0 Å². The van der Waals surface area contributed by atoms with E-state index in [1.54, 1.807) is 4.40 Å². The van der Waals surface area contributed by atoms with Crippen molar-refractivity contribution in [2.24, 2.45) is 0 Å². The Balaban J connectivity index is 1.85. The van der Waals surface area contributed by atoms with Crippen molar-refractivity contribution in [2.75, 3.05) is 0 Å². The molecule has 4 nitrogen and oxygen atoms in total. The molecule has 0 amide bonds. The van der Waals surface area contributed by atoms with Crippen molar-refractivity contribution in [3.63, 3.8) is 0 Å². The zero-order valence-electron chi connectivity index (χ0n) is 14.8. The van der Waals surface area contributed by atoms with E-state index in [1.165, 1.54) is 11.3 Å². The van der Waals surface area contributed by atoms with Crippen LogP contribution in [0, 0.1) is 20.8 Å². The van der Waals surface area contributed by atoms with Crippen molar-refractivity contribution in [3.8, 4) is 0 Å². The molecule has 0 aliphatic heterocycles. The lowest BCUT2D eigenvalue weighted by Crippen LogP contribution is -2.22. The summed E-state index contributed by atoms with van der Waals surface area (Å²) in [6.45, 7) is 6.13. The second-order valence-electron chi connectivity index (χ2n) is 6.80. The predicted molar refractivity (Wildman–Crippen MR) is 108 cm³/mol. The minimum absolute atomic E-state index is 0.00202. The predicted octanol–water partition coefficient (Wildman–Crippen LogP) is 3.86. The first kappa shape index (κ1) is 15.3. The number of thiazole rings is 1. The van der Waals surface area contributed by atoms with Gasteiger partial charge in [-0.3, -0.25) is 4.79 Å². The van der Waals surface area contributed by atoms with Gasteiger partial charge in [0.2, 0.25) is 0 Å². The van der Waals surface area contributed by atoms with E-state index in [9.17, 15) is 4.79 Å². The average molecular weight is 359 g/mol. The molecule has 0 saturated heterocycles. The zero-order chi connectivity index (χ0) is 18.0. The van der Waals surface area contributed by atoms with Crippen LogP contribution in [0.3, 0.4) is 0 Å². The molecule has 0 bridgehead atoms. The molecule has 3 aromatic heterocycles. The summed E-state index contributed by atoms with van der Waals surface area (Å²) in [6, 6.07) is 12.3. The molecule has 0 spiro atoms. The van der Waals surface area contributed by atoms with Gasteiger partial charge in [0.15, 0.2) is 4.96 Å². The number of aromatic nitrogens is 3. The highest BCUT2D eigenvalue weighted by Crippen LogP contribution is 2.24. The number of hydrogen-bond acceptors (Lipinski definition) is 3. The number of imidazole rings is 1. The molecule has 2 aromatic carbocycles. The van der Waals surface area contributed by atoms with Crippen molar-refractivity contribution in [1.82, 2.24) is 14.4 Å². The van der Waals surface area contributed by atoms with Crippen LogP contribution in [0.4, 0.5) is 0 Å². The Bertz CT molecular complexity index is 1440. The Morgan fingerprint density at radius 2 is 1.96 bits per heavy atom. The number of para-hydroxylation sites is 1. The van der Waals surface area contributed by atoms with Crippen LogP contribution >= 0.6 is 11.3 Å². The summed E-state index contributed by atoms with van der Waals surface area (Å²) in [5.74, 6) is 0. The van der Waals surface area contributed by atoms with E-state index in [1.807, 2.05) is 45.0 Å². The molecule has 0 saturated carbocycles. The van der Waals surface area contributed by atoms with Gasteiger partial charge in [-0.2, -0.15) is 0 Å². The summed E-state index contributed by atoms with van der Waals surface area (Å²) >= 11 is 1.45. The number of nitrogens with one attached hydrogen (secondary N) is 1. The minimum Gasteiger partial charge on any atom is -0.358 e. The van der Waals surface area contributed by atoms with Gasteiger partial charge in [-0.1, -0.05) is 35.6 Å². The molecule has 128 valence electrons. The number of nitrogens with zero attached hydrogens (tertiary/aromatic N) is 2. The van der Waals surface area contributed by atoms with Crippen molar-refractivity contribution in [3.05, 3.63) is 73.7 Å². The first-order valence-electron chi connectivity index (χ1n) is 8.54. The molecule has 5 rings (SSSR count). The van der Waals surface area contributed by atoms with Crippen LogP contribution in [-0.4, -0.2) is 14.4 Å². The lowest BCUT2D eigenvalue weighted by atomic mass is 10.1. The van der Waals surface area contributed by atoms with Gasteiger partial charge in [0.05, 0.1) is 15.6 Å². The van der Waals surface area contributed by atoms with Gasteiger partial charge in [-0.05, 0) is 50.1 Å². The summed E-state index contributed by atoms with van der Waals surface area (Å²) < 4.78 is 2.46. The normalized spacial score (nSPS) is 12.8. The SMILES string of the molecule is Cc1cc(C)c2nc3s/c(=C\c4c(C)[nH]c5ccccc45)c(=O)n3c2c1. The van der Waals surface area contributed by atoms with Crippen LogP contribution < -0.4 is 10.1 Å². The summed E-state index contributed by atoms with van der Waals surface area (Å²) in [5, 5.41) is 1.13. The third-order valence-electron chi connectivity index (χ3n) is 4.90. The Morgan fingerprint density at radius 1 is 1.15 bits per heavy atom. The lowest BCUT2D eigenvalue weighted by molar-refractivity contribution is 1.18. The third kappa shape index (κ3) is 2.07. The van der Waals surface area contributed by atoms with Gasteiger partial charge in [0, 0.05) is 22.2 Å². The number of aromatic amines is 1. The minimum atomic E-state index is 0.00202. The van der Waals surface area contributed by atoms with Gasteiger partial charge in [0.1, 0.15) is 0 Å². The molecule has 1 N–H and O–H groups in total. The smallest absolute Gasteiger partial charge is 0.274 e. The summed E-state index contributed by atoms with van der Waals surface area (Å²) in [4.78, 5) is 21.9. The maximum Gasteiger partial charge on any atom is 0.274 e. The van der Waals surface area contributed by atoms with Gasteiger partial charge < -0.3 is 4.98 Å². The fourth-order valence-electron chi connectivity index (χ4n) is 3.73. The second kappa shape index (κ2) is 5.29. The number of benzene rings is 2. The number of rotatable bonds is 1. The molecule has 0 aliphatic carbocycles. The first-order valence-corrected chi connectivity index (χ1v) is 9.36. The summed E-state index contributed by atoms with van der Waals surface area (Å²) in [7, 11) is 0. The van der Waals surface area contributed by atoms with Crippen molar-refractivity contribution in [1.29, 1.82) is 0 Å². The number of fused-ring (bicyclic) bond motifs is 4. The Morgan fingerprint density at radius 3 is 2.81 bits per heavy atom. The monoisotopic (exact) mass is 359 g/mol. The fraction of sp³-hybridized carbons (Fsp3) is 0.143. The highest BCUT2D eigenvalue weighted by atomic mass is 32.1. The average Bonchev–Trinajstić information content (AvgIpc) is 3.21. The van der Waals surface area contributed by atoms with E-state index in [2.05, 4.69) is 23.2 Å². The standard InChI is InChI=1S/C21H17N3OS/c1-11-8-12(2)19-17(9-11)24-20(25)18(26-21(24)23-19)10-15-13(3)22-16-7-5-4-6-14(15)16/h4-10,22H,1-3H3/b18-10-. The second-order valence-corrected chi connectivity index (χ2v) is 7.81. The highest BCUT2D eigenvalue weighted by Gasteiger charge is 2.14. The largest absolute Gasteiger partial charge is 0.358 e. The maximum absolute atomic E-state index is 13.1. The molecular weight excluding hydrogens is 342 g/mol. The van der Waals surface area contributed by atoms with Crippen LogP contribution in [0.15, 0.2) is 41.2 Å². The third-order valence-corrected chi connectivity index (χ3v) is 5.87. The lowest BCUT2D eigenvalue weighted by Gasteiger charge is -1.97. The fourth-order valence-corrected chi connectivity index (χ4v) is 4.69. The van der Waals surface area contributed by atoms with Gasteiger partial charge in [0.25, 0.3) is 5.56 Å². The van der Waals surface area contributed by atoms with E-state index in [0.29, 0.717) is 4.53 Å². The van der Waals surface area contributed by atoms with Crippen molar-refractivity contribution < 1.29 is 0 Å². The Labute approximate surface area is 153 Å². The molecule has 0 unspecified atom stereocenters. The van der Waals surface area contributed by atoms with E-state index >= 15 is 0 Å². The number of aryl methyl sites for hydroxylation is 3. The molecule has 0 atom stereocenters. The van der Waals surface area contributed by atoms with E-state index in [0.717, 1.165) is 49.3 Å². The molecule has 26 heavy (non-hydrogen) atoms. The molecule has 5 heteroatoms. The number of hydrogen-bond donors (Lipinski definition) is 1. The van der Waals surface area contributed by atoms with Crippen LogP contribution in [0.5, 0.6) is 0 Å². The number of H-pyrrole nitrogens is 1. The van der Waals surface area contributed by atoms with Crippen LogP contribution in [0.2, 0.25) is 0 Å². The van der Waals surface area contributed by atoms with Gasteiger partial charge >= 0.3 is 0 Å². The highest BCUT2D eigenvalue weighted by molar-refractivity contribution is 7.15. The first-order chi connectivity index (χ1) is 12.5. The Kier molecular flexibility index (Phi) is 3.12. The molecule has 0 fully saturated rings. The summed E-state index contributed by atoms with van der Waals surface area (Å²) in [6.07, 6.45) is 1.99. The van der Waals surface area contributed by atoms with Gasteiger partial charge in [-0.25, -0.2) is 9.38 Å². The zero-order valence-corrected chi connectivity index (χ0v) is 15.6. The maximum atomic E-state index is 13.1. The van der Waals surface area contributed by atoms with E-state index in [-0.39, 0.29) is 5.56 Å². The molecule has 0 radical (unpaired) electrons. The van der Waals surface area contributed by atoms with Crippen LogP contribution in [0.1, 0.15) is 22.4 Å². The molecule has 0 aliphatic rings.